The van der Waals surface area contributed by atoms with Crippen molar-refractivity contribution < 1.29 is 8.22 Å². The molecular formula is C9H17Cl. The zero-order valence-corrected chi connectivity index (χ0v) is 6.91. The molecule has 0 heterocycles. The Morgan fingerprint density at radius 3 is 2.80 bits per heavy atom. The van der Waals surface area contributed by atoms with Crippen LogP contribution in [-0.2, 0) is 0 Å². The largest absolute Gasteiger partial charge is 0.120 e. The monoisotopic (exact) mass is 166 g/mol. The Morgan fingerprint density at radius 2 is 2.30 bits per heavy atom. The van der Waals surface area contributed by atoms with Crippen LogP contribution in [0.4, 0.5) is 0 Å². The first-order valence-corrected chi connectivity index (χ1v) is 3.74. The Morgan fingerprint density at radius 1 is 1.60 bits per heavy atom. The van der Waals surface area contributed by atoms with Gasteiger partial charge in [-0.25, -0.2) is 0 Å². The lowest BCUT2D eigenvalue weighted by Gasteiger charge is -2.13. The van der Waals surface area contributed by atoms with Gasteiger partial charge < -0.3 is 0 Å². The molecule has 0 bridgehead atoms. The number of allylic oxidation sites excluding steroid dienone is 2. The summed E-state index contributed by atoms with van der Waals surface area (Å²) in [7, 11) is 0. The van der Waals surface area contributed by atoms with E-state index in [1.54, 1.807) is 0 Å². The molecule has 10 heavy (non-hydrogen) atoms. The van der Waals surface area contributed by atoms with Gasteiger partial charge in [-0.1, -0.05) is 12.2 Å². The number of hydrogen-bond donors (Lipinski definition) is 0. The molecule has 0 N–H and O–H groups in total. The van der Waals surface area contributed by atoms with Gasteiger partial charge in [-0.3, -0.25) is 0 Å². The van der Waals surface area contributed by atoms with E-state index in [4.69, 9.17) is 19.8 Å². The van der Waals surface area contributed by atoms with Gasteiger partial charge >= 0.3 is 0 Å². The molecule has 0 aromatic carbocycles. The molecule has 0 unspecified atom stereocenters. The lowest BCUT2D eigenvalue weighted by atomic mass is 10.1. The van der Waals surface area contributed by atoms with Crippen LogP contribution in [0.5, 0.6) is 0 Å². The predicted octanol–water partition coefficient (Wildman–Crippen LogP) is 3.75. The minimum Gasteiger partial charge on any atom is -0.120 e. The van der Waals surface area contributed by atoms with Gasteiger partial charge in [-0.05, 0) is 39.9 Å². The van der Waals surface area contributed by atoms with Gasteiger partial charge in [0.1, 0.15) is 0 Å². The van der Waals surface area contributed by atoms with E-state index < -0.39 is 18.6 Å². The summed E-state index contributed by atoms with van der Waals surface area (Å²) in [5.74, 6) is 0. The molecule has 0 aromatic heterocycles. The van der Waals surface area contributed by atoms with Crippen LogP contribution >= 0.6 is 11.6 Å². The maximum absolute atomic E-state index is 7.25. The van der Waals surface area contributed by atoms with Crippen molar-refractivity contribution >= 4 is 11.6 Å². The number of unbranched alkanes of at least 4 members (excludes halogenated alkanes) is 1. The molecule has 0 aliphatic heterocycles. The van der Waals surface area contributed by atoms with Crippen molar-refractivity contribution in [1.82, 2.24) is 0 Å². The van der Waals surface area contributed by atoms with Crippen LogP contribution in [0.25, 0.3) is 0 Å². The van der Waals surface area contributed by atoms with Crippen molar-refractivity contribution in [2.75, 3.05) is 0 Å². The van der Waals surface area contributed by atoms with Crippen LogP contribution in [0.2, 0.25) is 0 Å². The molecule has 60 valence electrons. The van der Waals surface area contributed by atoms with E-state index in [0.717, 1.165) is 0 Å². The summed E-state index contributed by atoms with van der Waals surface area (Å²) in [6.07, 6.45) is 4.73. The highest BCUT2D eigenvalue weighted by Gasteiger charge is 2.10. The standard InChI is InChI=1S/C9H17Cl/c1-4-5-6-7-8-9(2,3)10/h4-5H,6-8H2,1-3H3/b5-4+/i2D3,3D3. The van der Waals surface area contributed by atoms with Gasteiger partial charge in [0.15, 0.2) is 0 Å². The molecule has 0 fully saturated rings. The molecule has 0 saturated heterocycles. The van der Waals surface area contributed by atoms with E-state index in [-0.39, 0.29) is 6.42 Å². The van der Waals surface area contributed by atoms with Gasteiger partial charge in [0.25, 0.3) is 0 Å². The van der Waals surface area contributed by atoms with Crippen LogP contribution < -0.4 is 0 Å². The zero-order chi connectivity index (χ0) is 13.0. The van der Waals surface area contributed by atoms with Crippen LogP contribution in [0.15, 0.2) is 12.2 Å². The van der Waals surface area contributed by atoms with Crippen molar-refractivity contribution in [2.45, 2.75) is 44.8 Å². The highest BCUT2D eigenvalue weighted by atomic mass is 35.5. The molecule has 1 heteroatoms. The first-order valence-electron chi connectivity index (χ1n) is 6.36. The molecular weight excluding hydrogens is 144 g/mol. The van der Waals surface area contributed by atoms with E-state index in [9.17, 15) is 0 Å². The van der Waals surface area contributed by atoms with E-state index in [2.05, 4.69) is 0 Å². The number of rotatable bonds is 4. The summed E-state index contributed by atoms with van der Waals surface area (Å²) in [6.45, 7) is -3.52. The van der Waals surface area contributed by atoms with Gasteiger partial charge in [0.2, 0.25) is 0 Å². The summed E-state index contributed by atoms with van der Waals surface area (Å²) in [5.41, 5.74) is 0. The Bertz CT molecular complexity index is 225. The van der Waals surface area contributed by atoms with E-state index in [1.807, 2.05) is 19.1 Å². The summed E-state index contributed by atoms with van der Waals surface area (Å²) in [5, 5.41) is 0. The van der Waals surface area contributed by atoms with Gasteiger partial charge in [0, 0.05) is 13.1 Å². The van der Waals surface area contributed by atoms with Crippen LogP contribution in [0, 0.1) is 0 Å². The third kappa shape index (κ3) is 8.03. The fraction of sp³-hybridized carbons (Fsp3) is 0.778. The first kappa shape index (κ1) is 3.62. The van der Waals surface area contributed by atoms with Gasteiger partial charge in [-0.15, -0.1) is 11.6 Å². The van der Waals surface area contributed by atoms with Crippen molar-refractivity contribution in [1.29, 1.82) is 0 Å². The Kier molecular flexibility index (Phi) is 1.73. The Balaban J connectivity index is 4.71. The minimum absolute atomic E-state index is 0.0497. The highest BCUT2D eigenvalue weighted by Crippen LogP contribution is 2.20. The summed E-state index contributed by atoms with van der Waals surface area (Å²) in [6, 6.07) is 0. The molecule has 0 aliphatic rings. The molecule has 0 saturated carbocycles. The second-order valence-corrected chi connectivity index (χ2v) is 2.91. The smallest absolute Gasteiger partial charge is 0.0390 e. The third-order valence-electron chi connectivity index (χ3n) is 1.13. The minimum atomic E-state index is -2.68. The number of alkyl halides is 1. The molecule has 0 aliphatic carbocycles. The first-order chi connectivity index (χ1) is 7.06. The van der Waals surface area contributed by atoms with Crippen molar-refractivity contribution in [3.63, 3.8) is 0 Å². The fourth-order valence-corrected chi connectivity index (χ4v) is 0.764. The van der Waals surface area contributed by atoms with Crippen molar-refractivity contribution in [3.05, 3.63) is 12.2 Å². The lowest BCUT2D eigenvalue weighted by Crippen LogP contribution is -2.08. The second kappa shape index (κ2) is 4.79. The summed E-state index contributed by atoms with van der Waals surface area (Å²) >= 11 is 5.82. The van der Waals surface area contributed by atoms with E-state index >= 15 is 0 Å². The number of halogens is 1. The summed E-state index contributed by atoms with van der Waals surface area (Å²) < 4.78 is 43.5. The maximum Gasteiger partial charge on any atom is 0.0390 e. The Labute approximate surface area is 77.7 Å². The van der Waals surface area contributed by atoms with Gasteiger partial charge in [0.05, 0.1) is 0 Å². The average Bonchev–Trinajstić information content (AvgIpc) is 2.08. The van der Waals surface area contributed by atoms with Crippen molar-refractivity contribution in [2.24, 2.45) is 0 Å². The van der Waals surface area contributed by atoms with Gasteiger partial charge in [-0.2, -0.15) is 0 Å². The quantitative estimate of drug-likeness (QED) is 0.339. The van der Waals surface area contributed by atoms with Crippen molar-refractivity contribution in [3.8, 4) is 0 Å². The zero-order valence-electron chi connectivity index (χ0n) is 12.2. The predicted molar refractivity (Wildman–Crippen MR) is 48.6 cm³/mol. The molecule has 0 amide bonds. The average molecular weight is 167 g/mol. The Hall–Kier alpha value is 0.0300. The topological polar surface area (TPSA) is 0 Å². The van der Waals surface area contributed by atoms with Crippen LogP contribution in [0.1, 0.15) is 48.1 Å². The number of hydrogen-bond acceptors (Lipinski definition) is 0. The molecule has 0 aromatic rings. The maximum atomic E-state index is 7.25. The lowest BCUT2D eigenvalue weighted by molar-refractivity contribution is 0.596. The van der Waals surface area contributed by atoms with Crippen LogP contribution in [0.3, 0.4) is 0 Å². The normalized spacial score (nSPS) is 24.2. The molecule has 0 atom stereocenters. The second-order valence-electron chi connectivity index (χ2n) is 2.26. The molecule has 0 spiro atoms. The van der Waals surface area contributed by atoms with E-state index in [1.165, 1.54) is 0 Å². The molecule has 0 rings (SSSR count). The SMILES string of the molecule is [2H]C([2H])([2H])C(Cl)(CCC/C=C/C)C([2H])([2H])[2H]. The highest BCUT2D eigenvalue weighted by molar-refractivity contribution is 6.23. The van der Waals surface area contributed by atoms with E-state index in [0.29, 0.717) is 12.8 Å². The third-order valence-corrected chi connectivity index (χ3v) is 1.32. The molecule has 0 nitrogen and oxygen atoms in total. The summed E-state index contributed by atoms with van der Waals surface area (Å²) in [4.78, 5) is -2.14. The molecule has 0 radical (unpaired) electrons. The van der Waals surface area contributed by atoms with Crippen LogP contribution in [-0.4, -0.2) is 4.87 Å². The fourth-order valence-electron chi connectivity index (χ4n) is 0.630.